The normalized spacial score (nSPS) is 14.9. The molecule has 2 atom stereocenters. The van der Waals surface area contributed by atoms with Gasteiger partial charge in [0.1, 0.15) is 6.10 Å². The number of esters is 1. The standard InChI is InChI=1S/C22H30O3/c1-5-7-14-18(11-6-2)25-21(23)22(3,24-4)20-16-10-13-17-12-8-9-15-19(17)20/h8-10,12-13,15-16,18H,5-7,11,14H2,1-4H3/t18-,22+/m1/s1. The van der Waals surface area contributed by atoms with Gasteiger partial charge in [-0.15, -0.1) is 0 Å². The first-order chi connectivity index (χ1) is 12.1. The van der Waals surface area contributed by atoms with Gasteiger partial charge in [-0.3, -0.25) is 0 Å². The minimum atomic E-state index is -1.11. The maximum Gasteiger partial charge on any atom is 0.343 e. The monoisotopic (exact) mass is 342 g/mol. The molecule has 0 amide bonds. The quantitative estimate of drug-likeness (QED) is 0.556. The van der Waals surface area contributed by atoms with E-state index in [0.29, 0.717) is 0 Å². The molecule has 2 aromatic carbocycles. The molecule has 0 aliphatic heterocycles. The molecular weight excluding hydrogens is 312 g/mol. The Bertz CT molecular complexity index is 689. The van der Waals surface area contributed by atoms with E-state index in [1.54, 1.807) is 14.0 Å². The van der Waals surface area contributed by atoms with Crippen molar-refractivity contribution in [1.29, 1.82) is 0 Å². The summed E-state index contributed by atoms with van der Waals surface area (Å²) in [5.41, 5.74) is -0.261. The van der Waals surface area contributed by atoms with E-state index in [-0.39, 0.29) is 12.1 Å². The van der Waals surface area contributed by atoms with E-state index in [2.05, 4.69) is 13.8 Å². The Hall–Kier alpha value is -1.87. The fraction of sp³-hybridized carbons (Fsp3) is 0.500. The van der Waals surface area contributed by atoms with Crippen LogP contribution >= 0.6 is 0 Å². The predicted octanol–water partition coefficient (Wildman–Crippen LogP) is 5.60. The molecule has 0 aliphatic carbocycles. The Balaban J connectivity index is 2.32. The van der Waals surface area contributed by atoms with Crippen LogP contribution in [0.5, 0.6) is 0 Å². The molecule has 2 aromatic rings. The lowest BCUT2D eigenvalue weighted by atomic mass is 9.90. The second-order valence-electron chi connectivity index (χ2n) is 6.72. The van der Waals surface area contributed by atoms with Gasteiger partial charge in [0.2, 0.25) is 0 Å². The zero-order chi connectivity index (χ0) is 18.3. The van der Waals surface area contributed by atoms with Crippen LogP contribution in [0.15, 0.2) is 42.5 Å². The van der Waals surface area contributed by atoms with Crippen molar-refractivity contribution < 1.29 is 14.3 Å². The van der Waals surface area contributed by atoms with Crippen LogP contribution in [0, 0.1) is 0 Å². The molecule has 0 N–H and O–H groups in total. The molecule has 25 heavy (non-hydrogen) atoms. The van der Waals surface area contributed by atoms with Gasteiger partial charge >= 0.3 is 5.97 Å². The van der Waals surface area contributed by atoms with Crippen molar-refractivity contribution in [3.8, 4) is 0 Å². The van der Waals surface area contributed by atoms with Gasteiger partial charge in [-0.05, 0) is 30.5 Å². The van der Waals surface area contributed by atoms with E-state index < -0.39 is 5.60 Å². The fourth-order valence-electron chi connectivity index (χ4n) is 3.22. The first kappa shape index (κ1) is 19.5. The Kier molecular flexibility index (Phi) is 7.01. The SMILES string of the molecule is CCCC[C@@H](CCC)OC(=O)[C@@](C)(OC)c1cccc2ccccc12. The summed E-state index contributed by atoms with van der Waals surface area (Å²) in [5, 5.41) is 2.11. The Morgan fingerprint density at radius 1 is 1.04 bits per heavy atom. The number of fused-ring (bicyclic) bond motifs is 1. The highest BCUT2D eigenvalue weighted by Gasteiger charge is 2.39. The fourth-order valence-corrected chi connectivity index (χ4v) is 3.22. The van der Waals surface area contributed by atoms with E-state index in [1.165, 1.54) is 0 Å². The van der Waals surface area contributed by atoms with Gasteiger partial charge in [-0.2, -0.15) is 0 Å². The number of benzene rings is 2. The van der Waals surface area contributed by atoms with E-state index in [0.717, 1.165) is 48.4 Å². The molecule has 0 unspecified atom stereocenters. The molecule has 136 valence electrons. The molecule has 0 spiro atoms. The predicted molar refractivity (Wildman–Crippen MR) is 103 cm³/mol. The van der Waals surface area contributed by atoms with Crippen LogP contribution in [0.3, 0.4) is 0 Å². The molecule has 3 heteroatoms. The van der Waals surface area contributed by atoms with Crippen LogP contribution in [0.2, 0.25) is 0 Å². The number of unbranched alkanes of at least 4 members (excludes halogenated alkanes) is 1. The number of methoxy groups -OCH3 is 1. The number of hydrogen-bond acceptors (Lipinski definition) is 3. The summed E-state index contributed by atoms with van der Waals surface area (Å²) < 4.78 is 11.6. The lowest BCUT2D eigenvalue weighted by molar-refractivity contribution is -0.174. The number of carbonyl (C=O) groups excluding carboxylic acids is 1. The number of rotatable bonds is 9. The van der Waals surface area contributed by atoms with Crippen LogP contribution in [0.4, 0.5) is 0 Å². The molecule has 0 saturated heterocycles. The van der Waals surface area contributed by atoms with Crippen LogP contribution < -0.4 is 0 Å². The molecule has 0 saturated carbocycles. The summed E-state index contributed by atoms with van der Waals surface area (Å²) in [7, 11) is 1.57. The molecule has 0 heterocycles. The van der Waals surface area contributed by atoms with Crippen molar-refractivity contribution >= 4 is 16.7 Å². The van der Waals surface area contributed by atoms with Crippen molar-refractivity contribution in [1.82, 2.24) is 0 Å². The maximum atomic E-state index is 13.0. The summed E-state index contributed by atoms with van der Waals surface area (Å²) in [6.45, 7) is 6.08. The number of hydrogen-bond donors (Lipinski definition) is 0. The molecule has 0 aromatic heterocycles. The smallest absolute Gasteiger partial charge is 0.343 e. The van der Waals surface area contributed by atoms with Gasteiger partial charge in [0, 0.05) is 12.7 Å². The molecule has 2 rings (SSSR count). The molecular formula is C22H30O3. The van der Waals surface area contributed by atoms with Crippen LogP contribution in [-0.2, 0) is 19.9 Å². The number of carbonyl (C=O) groups is 1. The van der Waals surface area contributed by atoms with Gasteiger partial charge in [-0.1, -0.05) is 75.6 Å². The Morgan fingerprint density at radius 3 is 2.44 bits per heavy atom. The Morgan fingerprint density at radius 2 is 1.76 bits per heavy atom. The van der Waals surface area contributed by atoms with E-state index in [4.69, 9.17) is 9.47 Å². The summed E-state index contributed by atoms with van der Waals surface area (Å²) in [6.07, 6.45) is 4.92. The molecule has 0 radical (unpaired) electrons. The first-order valence-corrected chi connectivity index (χ1v) is 9.31. The zero-order valence-electron chi connectivity index (χ0n) is 15.9. The third kappa shape index (κ3) is 4.40. The van der Waals surface area contributed by atoms with Crippen molar-refractivity contribution in [2.24, 2.45) is 0 Å². The minimum Gasteiger partial charge on any atom is -0.460 e. The highest BCUT2D eigenvalue weighted by Crippen LogP contribution is 2.33. The first-order valence-electron chi connectivity index (χ1n) is 9.31. The summed E-state index contributed by atoms with van der Waals surface area (Å²) >= 11 is 0. The highest BCUT2D eigenvalue weighted by atomic mass is 16.6. The summed E-state index contributed by atoms with van der Waals surface area (Å²) in [5.74, 6) is -0.305. The van der Waals surface area contributed by atoms with Crippen molar-refractivity contribution in [2.75, 3.05) is 7.11 Å². The Labute approximate surface area is 151 Å². The average molecular weight is 342 g/mol. The van der Waals surface area contributed by atoms with E-state index >= 15 is 0 Å². The van der Waals surface area contributed by atoms with E-state index in [9.17, 15) is 4.79 Å². The number of ether oxygens (including phenoxy) is 2. The van der Waals surface area contributed by atoms with Crippen LogP contribution in [-0.4, -0.2) is 19.2 Å². The van der Waals surface area contributed by atoms with Crippen molar-refractivity contribution in [3.63, 3.8) is 0 Å². The highest BCUT2D eigenvalue weighted by molar-refractivity contribution is 5.92. The largest absolute Gasteiger partial charge is 0.460 e. The van der Waals surface area contributed by atoms with Gasteiger partial charge in [0.15, 0.2) is 5.60 Å². The van der Waals surface area contributed by atoms with Gasteiger partial charge in [0.25, 0.3) is 0 Å². The molecule has 0 fully saturated rings. The van der Waals surface area contributed by atoms with Gasteiger partial charge in [-0.25, -0.2) is 4.79 Å². The van der Waals surface area contributed by atoms with Crippen molar-refractivity contribution in [3.05, 3.63) is 48.0 Å². The minimum absolute atomic E-state index is 0.0399. The topological polar surface area (TPSA) is 35.5 Å². The van der Waals surface area contributed by atoms with Crippen molar-refractivity contribution in [2.45, 2.75) is 64.6 Å². The lowest BCUT2D eigenvalue weighted by Crippen LogP contribution is -2.38. The third-order valence-corrected chi connectivity index (χ3v) is 4.87. The third-order valence-electron chi connectivity index (χ3n) is 4.87. The second-order valence-corrected chi connectivity index (χ2v) is 6.72. The average Bonchev–Trinajstić information content (AvgIpc) is 2.65. The second kappa shape index (κ2) is 9.00. The molecule has 0 bridgehead atoms. The van der Waals surface area contributed by atoms with E-state index in [1.807, 2.05) is 42.5 Å². The zero-order valence-corrected chi connectivity index (χ0v) is 15.9. The van der Waals surface area contributed by atoms with Crippen LogP contribution in [0.1, 0.15) is 58.4 Å². The molecule has 3 nitrogen and oxygen atoms in total. The van der Waals surface area contributed by atoms with Crippen LogP contribution in [0.25, 0.3) is 10.8 Å². The van der Waals surface area contributed by atoms with Gasteiger partial charge < -0.3 is 9.47 Å². The van der Waals surface area contributed by atoms with Gasteiger partial charge in [0.05, 0.1) is 0 Å². The summed E-state index contributed by atoms with van der Waals surface area (Å²) in [4.78, 5) is 13.0. The summed E-state index contributed by atoms with van der Waals surface area (Å²) in [6, 6.07) is 14.0. The maximum absolute atomic E-state index is 13.0. The molecule has 0 aliphatic rings. The lowest BCUT2D eigenvalue weighted by Gasteiger charge is -2.30.